The third-order valence-corrected chi connectivity index (χ3v) is 4.14. The molecule has 1 aliphatic carbocycles. The molecule has 0 radical (unpaired) electrons. The SMILES string of the molecule is CC(=O)Nc1cc(NC(=O)CCNC(=O)NC2CCCCC2)ccc1F. The zero-order valence-electron chi connectivity index (χ0n) is 14.9. The number of carbonyl (C=O) groups excluding carboxylic acids is 3. The minimum Gasteiger partial charge on any atom is -0.338 e. The van der Waals surface area contributed by atoms with Gasteiger partial charge in [-0.1, -0.05) is 19.3 Å². The van der Waals surface area contributed by atoms with Gasteiger partial charge in [0.05, 0.1) is 5.69 Å². The van der Waals surface area contributed by atoms with E-state index in [2.05, 4.69) is 21.3 Å². The Kier molecular flexibility index (Phi) is 7.37. The molecule has 1 aromatic rings. The van der Waals surface area contributed by atoms with Crippen molar-refractivity contribution in [2.75, 3.05) is 17.2 Å². The lowest BCUT2D eigenvalue weighted by Gasteiger charge is -2.22. The van der Waals surface area contributed by atoms with Crippen molar-refractivity contribution in [1.29, 1.82) is 0 Å². The van der Waals surface area contributed by atoms with Crippen molar-refractivity contribution in [1.82, 2.24) is 10.6 Å². The quantitative estimate of drug-likeness (QED) is 0.624. The van der Waals surface area contributed by atoms with Gasteiger partial charge in [0, 0.05) is 31.6 Å². The first-order chi connectivity index (χ1) is 12.4. The molecule has 0 bridgehead atoms. The van der Waals surface area contributed by atoms with Crippen LogP contribution in [0.25, 0.3) is 0 Å². The number of anilines is 2. The van der Waals surface area contributed by atoms with Crippen LogP contribution in [0.2, 0.25) is 0 Å². The van der Waals surface area contributed by atoms with E-state index < -0.39 is 11.7 Å². The number of hydrogen-bond acceptors (Lipinski definition) is 3. The van der Waals surface area contributed by atoms with Gasteiger partial charge >= 0.3 is 6.03 Å². The molecule has 0 saturated heterocycles. The average molecular weight is 364 g/mol. The maximum absolute atomic E-state index is 13.6. The van der Waals surface area contributed by atoms with Crippen molar-refractivity contribution < 1.29 is 18.8 Å². The number of urea groups is 1. The maximum atomic E-state index is 13.6. The second-order valence-electron chi connectivity index (χ2n) is 6.41. The Bertz CT molecular complexity index is 660. The standard InChI is InChI=1S/C18H25FN4O3/c1-12(24)21-16-11-14(7-8-15(16)19)22-17(25)9-10-20-18(26)23-13-5-3-2-4-6-13/h7-8,11,13H,2-6,9-10H2,1H3,(H,21,24)(H,22,25)(H2,20,23,26). The molecule has 0 atom stereocenters. The predicted molar refractivity (Wildman–Crippen MR) is 97.4 cm³/mol. The summed E-state index contributed by atoms with van der Waals surface area (Å²) in [4.78, 5) is 34.8. The van der Waals surface area contributed by atoms with E-state index in [-0.39, 0.29) is 36.6 Å². The molecule has 0 aromatic heterocycles. The molecule has 8 heteroatoms. The number of hydrogen-bond donors (Lipinski definition) is 4. The number of amides is 4. The van der Waals surface area contributed by atoms with Crippen LogP contribution >= 0.6 is 0 Å². The first-order valence-corrected chi connectivity index (χ1v) is 8.85. The fourth-order valence-electron chi connectivity index (χ4n) is 2.88. The number of halogens is 1. The van der Waals surface area contributed by atoms with Gasteiger partial charge in [0.1, 0.15) is 5.82 Å². The fraction of sp³-hybridized carbons (Fsp3) is 0.500. The second kappa shape index (κ2) is 9.74. The van der Waals surface area contributed by atoms with Crippen molar-refractivity contribution in [3.8, 4) is 0 Å². The first kappa shape index (κ1) is 19.7. The summed E-state index contributed by atoms with van der Waals surface area (Å²) >= 11 is 0. The normalized spacial score (nSPS) is 14.4. The van der Waals surface area contributed by atoms with Gasteiger partial charge in [-0.05, 0) is 31.0 Å². The molecule has 4 N–H and O–H groups in total. The van der Waals surface area contributed by atoms with E-state index in [1.165, 1.54) is 25.5 Å². The lowest BCUT2D eigenvalue weighted by Crippen LogP contribution is -2.43. The van der Waals surface area contributed by atoms with Crippen LogP contribution in [-0.4, -0.2) is 30.4 Å². The van der Waals surface area contributed by atoms with E-state index in [1.807, 2.05) is 0 Å². The molecule has 0 unspecified atom stereocenters. The highest BCUT2D eigenvalue weighted by Gasteiger charge is 2.15. The van der Waals surface area contributed by atoms with Crippen LogP contribution < -0.4 is 21.3 Å². The predicted octanol–water partition coefficient (Wildman–Crippen LogP) is 2.74. The Morgan fingerprint density at radius 3 is 2.54 bits per heavy atom. The van der Waals surface area contributed by atoms with E-state index in [9.17, 15) is 18.8 Å². The molecular weight excluding hydrogens is 339 g/mol. The Morgan fingerprint density at radius 2 is 1.85 bits per heavy atom. The Labute approximate surface area is 152 Å². The van der Waals surface area contributed by atoms with E-state index in [0.29, 0.717) is 5.69 Å². The first-order valence-electron chi connectivity index (χ1n) is 8.85. The molecule has 4 amide bonds. The van der Waals surface area contributed by atoms with Crippen LogP contribution in [0.1, 0.15) is 45.4 Å². The van der Waals surface area contributed by atoms with Crippen LogP contribution in [0.3, 0.4) is 0 Å². The van der Waals surface area contributed by atoms with Gasteiger partial charge in [-0.25, -0.2) is 9.18 Å². The Balaban J connectivity index is 1.73. The highest BCUT2D eigenvalue weighted by molar-refractivity contribution is 5.93. The largest absolute Gasteiger partial charge is 0.338 e. The number of rotatable bonds is 6. The fourth-order valence-corrected chi connectivity index (χ4v) is 2.88. The van der Waals surface area contributed by atoms with Gasteiger partial charge in [0.15, 0.2) is 0 Å². The van der Waals surface area contributed by atoms with Crippen LogP contribution in [-0.2, 0) is 9.59 Å². The van der Waals surface area contributed by atoms with Crippen molar-refractivity contribution >= 4 is 29.2 Å². The molecule has 0 spiro atoms. The summed E-state index contributed by atoms with van der Waals surface area (Å²) in [6, 6.07) is 3.86. The van der Waals surface area contributed by atoms with Gasteiger partial charge in [-0.3, -0.25) is 9.59 Å². The molecule has 0 heterocycles. The van der Waals surface area contributed by atoms with Gasteiger partial charge in [-0.2, -0.15) is 0 Å². The van der Waals surface area contributed by atoms with Crippen LogP contribution in [0.5, 0.6) is 0 Å². The Hall–Kier alpha value is -2.64. The van der Waals surface area contributed by atoms with Crippen LogP contribution in [0, 0.1) is 5.82 Å². The van der Waals surface area contributed by atoms with Crippen molar-refractivity contribution in [3.05, 3.63) is 24.0 Å². The molecule has 26 heavy (non-hydrogen) atoms. The van der Waals surface area contributed by atoms with Gasteiger partial charge in [0.2, 0.25) is 11.8 Å². The topological polar surface area (TPSA) is 99.3 Å². The summed E-state index contributed by atoms with van der Waals surface area (Å²) in [6.07, 6.45) is 5.55. The number of carbonyl (C=O) groups is 3. The minimum atomic E-state index is -0.584. The third kappa shape index (κ3) is 6.70. The molecule has 1 aromatic carbocycles. The van der Waals surface area contributed by atoms with Crippen molar-refractivity contribution in [2.24, 2.45) is 0 Å². The number of benzene rings is 1. The molecule has 0 aliphatic heterocycles. The van der Waals surface area contributed by atoms with E-state index in [4.69, 9.17) is 0 Å². The average Bonchev–Trinajstić information content (AvgIpc) is 2.58. The molecule has 1 aliphatic rings. The molecular formula is C18H25FN4O3. The lowest BCUT2D eigenvalue weighted by atomic mass is 9.96. The van der Waals surface area contributed by atoms with Gasteiger partial charge < -0.3 is 21.3 Å². The molecule has 1 fully saturated rings. The van der Waals surface area contributed by atoms with Crippen LogP contribution in [0.4, 0.5) is 20.6 Å². The monoisotopic (exact) mass is 364 g/mol. The highest BCUT2D eigenvalue weighted by atomic mass is 19.1. The molecule has 7 nitrogen and oxygen atoms in total. The molecule has 2 rings (SSSR count). The summed E-state index contributed by atoms with van der Waals surface area (Å²) in [7, 11) is 0. The maximum Gasteiger partial charge on any atom is 0.315 e. The summed E-state index contributed by atoms with van der Waals surface area (Å²) in [5, 5.41) is 10.5. The summed E-state index contributed by atoms with van der Waals surface area (Å²) in [5.41, 5.74) is 0.368. The summed E-state index contributed by atoms with van der Waals surface area (Å²) < 4.78 is 13.6. The second-order valence-corrected chi connectivity index (χ2v) is 6.41. The summed E-state index contributed by atoms with van der Waals surface area (Å²) in [6.45, 7) is 1.47. The molecule has 1 saturated carbocycles. The smallest absolute Gasteiger partial charge is 0.315 e. The van der Waals surface area contributed by atoms with Crippen molar-refractivity contribution in [3.63, 3.8) is 0 Å². The van der Waals surface area contributed by atoms with Crippen molar-refractivity contribution in [2.45, 2.75) is 51.5 Å². The lowest BCUT2D eigenvalue weighted by molar-refractivity contribution is -0.116. The van der Waals surface area contributed by atoms with Gasteiger partial charge in [0.25, 0.3) is 0 Å². The van der Waals surface area contributed by atoms with E-state index in [1.54, 1.807) is 0 Å². The zero-order valence-corrected chi connectivity index (χ0v) is 14.9. The third-order valence-electron chi connectivity index (χ3n) is 4.14. The summed E-state index contributed by atoms with van der Waals surface area (Å²) in [5.74, 6) is -1.30. The minimum absolute atomic E-state index is 0.000264. The van der Waals surface area contributed by atoms with Crippen LogP contribution in [0.15, 0.2) is 18.2 Å². The number of nitrogens with one attached hydrogen (secondary N) is 4. The highest BCUT2D eigenvalue weighted by Crippen LogP contribution is 2.20. The van der Waals surface area contributed by atoms with Gasteiger partial charge in [-0.15, -0.1) is 0 Å². The van der Waals surface area contributed by atoms with E-state index >= 15 is 0 Å². The van der Waals surface area contributed by atoms with E-state index in [0.717, 1.165) is 31.7 Å². The Morgan fingerprint density at radius 1 is 1.12 bits per heavy atom. The molecule has 142 valence electrons. The zero-order chi connectivity index (χ0) is 18.9.